The van der Waals surface area contributed by atoms with Crippen LogP contribution in [0.25, 0.3) is 11.3 Å². The van der Waals surface area contributed by atoms with Gasteiger partial charge in [-0.1, -0.05) is 6.92 Å². The molecule has 2 aromatic heterocycles. The first-order valence-electron chi connectivity index (χ1n) is 5.10. The van der Waals surface area contributed by atoms with Gasteiger partial charge >= 0.3 is 0 Å². The molecule has 0 bridgehead atoms. The van der Waals surface area contributed by atoms with E-state index in [9.17, 15) is 0 Å². The molecule has 0 aromatic carbocycles. The van der Waals surface area contributed by atoms with E-state index in [1.807, 2.05) is 13.1 Å². The number of hydrogen-bond acceptors (Lipinski definition) is 3. The van der Waals surface area contributed by atoms with Crippen LogP contribution in [0.4, 0.5) is 0 Å². The molecule has 80 valence electrons. The summed E-state index contributed by atoms with van der Waals surface area (Å²) in [6.07, 6.45) is 4.34. The summed E-state index contributed by atoms with van der Waals surface area (Å²) in [5, 5.41) is 10.5. The topological polar surface area (TPSA) is 53.9 Å². The van der Waals surface area contributed by atoms with Gasteiger partial charge in [0, 0.05) is 23.4 Å². The van der Waals surface area contributed by atoms with E-state index in [-0.39, 0.29) is 0 Å². The van der Waals surface area contributed by atoms with Crippen molar-refractivity contribution >= 4 is 0 Å². The molecule has 0 saturated heterocycles. The Morgan fingerprint density at radius 2 is 2.40 bits per heavy atom. The number of rotatable bonds is 4. The molecular weight excluding hydrogens is 190 g/mol. The van der Waals surface area contributed by atoms with E-state index in [1.54, 1.807) is 12.5 Å². The van der Waals surface area contributed by atoms with Crippen molar-refractivity contribution in [2.75, 3.05) is 7.05 Å². The highest BCUT2D eigenvalue weighted by Gasteiger charge is 2.13. The van der Waals surface area contributed by atoms with Gasteiger partial charge in [0.1, 0.15) is 5.69 Å². The molecule has 4 heteroatoms. The monoisotopic (exact) mass is 205 g/mol. The maximum Gasteiger partial charge on any atom is 0.100 e. The minimum absolute atomic E-state index is 0.820. The summed E-state index contributed by atoms with van der Waals surface area (Å²) in [6.45, 7) is 2.94. The minimum Gasteiger partial charge on any atom is -0.472 e. The average Bonchev–Trinajstić information content (AvgIpc) is 2.85. The summed E-state index contributed by atoms with van der Waals surface area (Å²) >= 11 is 0. The lowest BCUT2D eigenvalue weighted by Gasteiger charge is -2.01. The first-order valence-corrected chi connectivity index (χ1v) is 5.10. The highest BCUT2D eigenvalue weighted by atomic mass is 16.3. The molecule has 0 aliphatic carbocycles. The van der Waals surface area contributed by atoms with Gasteiger partial charge in [0.05, 0.1) is 12.5 Å². The van der Waals surface area contributed by atoms with Crippen molar-refractivity contribution in [2.45, 2.75) is 19.9 Å². The number of aromatic nitrogens is 2. The smallest absolute Gasteiger partial charge is 0.100 e. The largest absolute Gasteiger partial charge is 0.472 e. The van der Waals surface area contributed by atoms with Crippen LogP contribution in [0, 0.1) is 0 Å². The Bertz CT molecular complexity index is 417. The first-order chi connectivity index (χ1) is 7.36. The fraction of sp³-hybridized carbons (Fsp3) is 0.364. The first kappa shape index (κ1) is 9.98. The van der Waals surface area contributed by atoms with E-state index in [0.717, 1.165) is 24.2 Å². The van der Waals surface area contributed by atoms with Gasteiger partial charge < -0.3 is 9.73 Å². The number of nitrogens with zero attached hydrogens (tertiary/aromatic N) is 1. The summed E-state index contributed by atoms with van der Waals surface area (Å²) in [5.41, 5.74) is 4.41. The fourth-order valence-electron chi connectivity index (χ4n) is 1.70. The van der Waals surface area contributed by atoms with Crippen molar-refractivity contribution in [2.24, 2.45) is 0 Å². The Balaban J connectivity index is 2.43. The fourth-order valence-corrected chi connectivity index (χ4v) is 1.70. The van der Waals surface area contributed by atoms with Crippen LogP contribution in [0.1, 0.15) is 18.2 Å². The van der Waals surface area contributed by atoms with Gasteiger partial charge in [0.15, 0.2) is 0 Å². The number of aryl methyl sites for hydroxylation is 1. The van der Waals surface area contributed by atoms with Gasteiger partial charge in [-0.25, -0.2) is 0 Å². The molecule has 0 aliphatic heterocycles. The van der Waals surface area contributed by atoms with Crippen molar-refractivity contribution in [3.8, 4) is 11.3 Å². The van der Waals surface area contributed by atoms with Gasteiger partial charge in [0.25, 0.3) is 0 Å². The Kier molecular flexibility index (Phi) is 2.87. The summed E-state index contributed by atoms with van der Waals surface area (Å²) in [5.74, 6) is 0. The lowest BCUT2D eigenvalue weighted by atomic mass is 10.1. The van der Waals surface area contributed by atoms with Gasteiger partial charge in [-0.15, -0.1) is 0 Å². The van der Waals surface area contributed by atoms with E-state index in [0.29, 0.717) is 0 Å². The average molecular weight is 205 g/mol. The van der Waals surface area contributed by atoms with Crippen molar-refractivity contribution < 1.29 is 4.42 Å². The SMILES string of the molecule is CCc1[nH]nc(-c2ccoc2)c1CNC. The second-order valence-corrected chi connectivity index (χ2v) is 3.43. The predicted molar refractivity (Wildman–Crippen MR) is 58.4 cm³/mol. The number of H-pyrrole nitrogens is 1. The number of nitrogens with one attached hydrogen (secondary N) is 2. The molecule has 0 unspecified atom stereocenters. The summed E-state index contributed by atoms with van der Waals surface area (Å²) < 4.78 is 5.07. The van der Waals surface area contributed by atoms with Crippen LogP contribution in [0.3, 0.4) is 0 Å². The number of hydrogen-bond donors (Lipinski definition) is 2. The standard InChI is InChI=1S/C11H15N3O/c1-3-10-9(6-12-2)11(14-13-10)8-4-5-15-7-8/h4-5,7,12H,3,6H2,1-2H3,(H,13,14). The molecule has 15 heavy (non-hydrogen) atoms. The Morgan fingerprint density at radius 3 is 3.00 bits per heavy atom. The molecule has 0 amide bonds. The molecule has 2 N–H and O–H groups in total. The van der Waals surface area contributed by atoms with Crippen molar-refractivity contribution in [1.29, 1.82) is 0 Å². The predicted octanol–water partition coefficient (Wildman–Crippen LogP) is 1.95. The molecule has 0 radical (unpaired) electrons. The summed E-state index contributed by atoms with van der Waals surface area (Å²) in [6, 6.07) is 1.93. The van der Waals surface area contributed by atoms with Crippen LogP contribution in [-0.2, 0) is 13.0 Å². The zero-order chi connectivity index (χ0) is 10.7. The summed E-state index contributed by atoms with van der Waals surface area (Å²) in [4.78, 5) is 0. The van der Waals surface area contributed by atoms with Crippen LogP contribution in [0.5, 0.6) is 0 Å². The molecular formula is C11H15N3O. The van der Waals surface area contributed by atoms with E-state index < -0.39 is 0 Å². The second-order valence-electron chi connectivity index (χ2n) is 3.43. The quantitative estimate of drug-likeness (QED) is 0.802. The van der Waals surface area contributed by atoms with Crippen molar-refractivity contribution in [3.63, 3.8) is 0 Å². The van der Waals surface area contributed by atoms with Crippen LogP contribution in [0.15, 0.2) is 23.0 Å². The van der Waals surface area contributed by atoms with Gasteiger partial charge in [-0.3, -0.25) is 5.10 Å². The molecule has 0 fully saturated rings. The molecule has 2 heterocycles. The zero-order valence-corrected chi connectivity index (χ0v) is 9.00. The van der Waals surface area contributed by atoms with E-state index in [2.05, 4.69) is 22.4 Å². The van der Waals surface area contributed by atoms with E-state index >= 15 is 0 Å². The number of furan rings is 1. The Labute approximate surface area is 88.7 Å². The van der Waals surface area contributed by atoms with Crippen LogP contribution >= 0.6 is 0 Å². The Morgan fingerprint density at radius 1 is 1.53 bits per heavy atom. The van der Waals surface area contributed by atoms with E-state index in [1.165, 1.54) is 11.3 Å². The Hall–Kier alpha value is -1.55. The minimum atomic E-state index is 0.820. The van der Waals surface area contributed by atoms with Gasteiger partial charge in [-0.2, -0.15) is 5.10 Å². The third kappa shape index (κ3) is 1.80. The third-order valence-corrected chi connectivity index (χ3v) is 2.45. The maximum absolute atomic E-state index is 5.07. The molecule has 0 saturated carbocycles. The lowest BCUT2D eigenvalue weighted by Crippen LogP contribution is -2.07. The van der Waals surface area contributed by atoms with Crippen LogP contribution < -0.4 is 5.32 Å². The zero-order valence-electron chi connectivity index (χ0n) is 9.00. The molecule has 0 spiro atoms. The third-order valence-electron chi connectivity index (χ3n) is 2.45. The molecule has 2 aromatic rings. The van der Waals surface area contributed by atoms with Crippen molar-refractivity contribution in [1.82, 2.24) is 15.5 Å². The van der Waals surface area contributed by atoms with Crippen LogP contribution in [-0.4, -0.2) is 17.2 Å². The highest BCUT2D eigenvalue weighted by Crippen LogP contribution is 2.24. The van der Waals surface area contributed by atoms with Gasteiger partial charge in [-0.05, 0) is 19.5 Å². The van der Waals surface area contributed by atoms with Crippen molar-refractivity contribution in [3.05, 3.63) is 29.9 Å². The van der Waals surface area contributed by atoms with Crippen LogP contribution in [0.2, 0.25) is 0 Å². The molecule has 0 aliphatic rings. The van der Waals surface area contributed by atoms with Gasteiger partial charge in [0.2, 0.25) is 0 Å². The molecule has 0 atom stereocenters. The second kappa shape index (κ2) is 4.31. The van der Waals surface area contributed by atoms with E-state index in [4.69, 9.17) is 4.42 Å². The summed E-state index contributed by atoms with van der Waals surface area (Å²) in [7, 11) is 1.94. The molecule has 4 nitrogen and oxygen atoms in total. The number of aromatic amines is 1. The normalized spacial score (nSPS) is 10.8. The maximum atomic E-state index is 5.07. The molecule has 2 rings (SSSR count). The lowest BCUT2D eigenvalue weighted by molar-refractivity contribution is 0.568. The highest BCUT2D eigenvalue weighted by molar-refractivity contribution is 5.62.